The molecule has 0 aromatic carbocycles. The first-order chi connectivity index (χ1) is 6.77. The highest BCUT2D eigenvalue weighted by atomic mass is 14.8. The summed E-state index contributed by atoms with van der Waals surface area (Å²) >= 11 is 0. The number of anilines is 1. The van der Waals surface area contributed by atoms with Gasteiger partial charge in [0.25, 0.3) is 0 Å². The number of nitrogens with zero attached hydrogens (tertiary/aromatic N) is 1. The Balaban J connectivity index is 0.000000461. The Morgan fingerprint density at radius 2 is 2.14 bits per heavy atom. The minimum absolute atomic E-state index is 0.736. The van der Waals surface area contributed by atoms with Gasteiger partial charge in [0.2, 0.25) is 0 Å². The zero-order valence-electron chi connectivity index (χ0n) is 9.38. The standard InChI is InChI=1S/C10H14N2.C2H6/c1-7-2-3-9-8(6-7)4-5-12-10(9)11;1-2/h4-5,7H,2-3,6H2,1H3,(H2,11,12);1-2H3/t7-;/m0./s1. The van der Waals surface area contributed by atoms with Gasteiger partial charge in [0, 0.05) is 6.20 Å². The van der Waals surface area contributed by atoms with Crippen molar-refractivity contribution in [1.82, 2.24) is 4.98 Å². The maximum Gasteiger partial charge on any atom is 0.126 e. The number of nitrogens with two attached hydrogens (primary N) is 1. The molecule has 1 aliphatic rings. The molecule has 1 heterocycles. The summed E-state index contributed by atoms with van der Waals surface area (Å²) in [5, 5.41) is 0. The number of rotatable bonds is 0. The highest BCUT2D eigenvalue weighted by Gasteiger charge is 2.16. The van der Waals surface area contributed by atoms with Crippen molar-refractivity contribution in [2.75, 3.05) is 5.73 Å². The summed E-state index contributed by atoms with van der Waals surface area (Å²) in [6, 6.07) is 2.10. The lowest BCUT2D eigenvalue weighted by Crippen LogP contribution is -2.13. The van der Waals surface area contributed by atoms with Gasteiger partial charge in [0.05, 0.1) is 0 Å². The monoisotopic (exact) mass is 192 g/mol. The molecule has 1 aromatic heterocycles. The number of fused-ring (bicyclic) bond motifs is 1. The summed E-state index contributed by atoms with van der Waals surface area (Å²) in [6.07, 6.45) is 5.34. The van der Waals surface area contributed by atoms with Gasteiger partial charge >= 0.3 is 0 Å². The van der Waals surface area contributed by atoms with E-state index < -0.39 is 0 Å². The average Bonchev–Trinajstić information content (AvgIpc) is 2.21. The van der Waals surface area contributed by atoms with Crippen LogP contribution in [0.4, 0.5) is 5.82 Å². The third-order valence-corrected chi connectivity index (χ3v) is 2.64. The second-order valence-electron chi connectivity index (χ2n) is 3.68. The van der Waals surface area contributed by atoms with E-state index in [1.54, 1.807) is 0 Å². The van der Waals surface area contributed by atoms with E-state index in [9.17, 15) is 0 Å². The lowest BCUT2D eigenvalue weighted by Gasteiger charge is -2.21. The van der Waals surface area contributed by atoms with Gasteiger partial charge in [-0.1, -0.05) is 20.8 Å². The van der Waals surface area contributed by atoms with Crippen LogP contribution in [0, 0.1) is 5.92 Å². The van der Waals surface area contributed by atoms with Crippen LogP contribution >= 0.6 is 0 Å². The van der Waals surface area contributed by atoms with Crippen LogP contribution in [-0.4, -0.2) is 4.98 Å². The van der Waals surface area contributed by atoms with E-state index in [2.05, 4.69) is 18.0 Å². The largest absolute Gasteiger partial charge is 0.383 e. The molecule has 0 radical (unpaired) electrons. The molecule has 0 aliphatic heterocycles. The summed E-state index contributed by atoms with van der Waals surface area (Å²) in [6.45, 7) is 6.29. The van der Waals surface area contributed by atoms with Gasteiger partial charge in [-0.25, -0.2) is 4.98 Å². The van der Waals surface area contributed by atoms with E-state index >= 15 is 0 Å². The van der Waals surface area contributed by atoms with Crippen molar-refractivity contribution in [3.8, 4) is 0 Å². The smallest absolute Gasteiger partial charge is 0.126 e. The van der Waals surface area contributed by atoms with Crippen molar-refractivity contribution >= 4 is 5.82 Å². The van der Waals surface area contributed by atoms with Crippen LogP contribution < -0.4 is 5.73 Å². The van der Waals surface area contributed by atoms with Crippen LogP contribution in [-0.2, 0) is 12.8 Å². The molecule has 1 aliphatic carbocycles. The molecule has 0 bridgehead atoms. The SMILES string of the molecule is CC.C[C@H]1CCc2c(ccnc2N)C1. The summed E-state index contributed by atoms with van der Waals surface area (Å²) in [5.41, 5.74) is 8.47. The van der Waals surface area contributed by atoms with Crippen LogP contribution in [0.5, 0.6) is 0 Å². The number of hydrogen-bond acceptors (Lipinski definition) is 2. The zero-order chi connectivity index (χ0) is 10.6. The Morgan fingerprint density at radius 3 is 2.86 bits per heavy atom. The molecule has 0 spiro atoms. The zero-order valence-corrected chi connectivity index (χ0v) is 9.38. The fourth-order valence-corrected chi connectivity index (χ4v) is 1.90. The Hall–Kier alpha value is -1.05. The van der Waals surface area contributed by atoms with Crippen LogP contribution in [0.2, 0.25) is 0 Å². The summed E-state index contributed by atoms with van der Waals surface area (Å²) in [7, 11) is 0. The Morgan fingerprint density at radius 1 is 1.43 bits per heavy atom. The summed E-state index contributed by atoms with van der Waals surface area (Å²) in [5.74, 6) is 1.54. The predicted octanol–water partition coefficient (Wildman–Crippen LogP) is 2.81. The number of aromatic nitrogens is 1. The lowest BCUT2D eigenvalue weighted by molar-refractivity contribution is 0.501. The van der Waals surface area contributed by atoms with Crippen LogP contribution in [0.15, 0.2) is 12.3 Å². The quantitative estimate of drug-likeness (QED) is 0.686. The predicted molar refractivity (Wildman–Crippen MR) is 61.2 cm³/mol. The molecule has 0 unspecified atom stereocenters. The molecule has 14 heavy (non-hydrogen) atoms. The summed E-state index contributed by atoms with van der Waals surface area (Å²) < 4.78 is 0. The Labute approximate surface area is 86.5 Å². The average molecular weight is 192 g/mol. The van der Waals surface area contributed by atoms with Crippen LogP contribution in [0.3, 0.4) is 0 Å². The second-order valence-corrected chi connectivity index (χ2v) is 3.68. The van der Waals surface area contributed by atoms with Crippen molar-refractivity contribution in [2.24, 2.45) is 5.92 Å². The third-order valence-electron chi connectivity index (χ3n) is 2.64. The van der Waals surface area contributed by atoms with E-state index in [1.807, 2.05) is 20.0 Å². The molecule has 1 atom stereocenters. The van der Waals surface area contributed by atoms with Gasteiger partial charge in [-0.2, -0.15) is 0 Å². The molecule has 0 saturated carbocycles. The molecule has 0 fully saturated rings. The number of pyridine rings is 1. The molecule has 78 valence electrons. The van der Waals surface area contributed by atoms with Gasteiger partial charge in [-0.05, 0) is 42.4 Å². The minimum Gasteiger partial charge on any atom is -0.383 e. The van der Waals surface area contributed by atoms with Gasteiger partial charge in [0.1, 0.15) is 5.82 Å². The van der Waals surface area contributed by atoms with Crippen molar-refractivity contribution in [3.05, 3.63) is 23.4 Å². The maximum absolute atomic E-state index is 5.78. The summed E-state index contributed by atoms with van der Waals surface area (Å²) in [4.78, 5) is 4.10. The lowest BCUT2D eigenvalue weighted by atomic mass is 9.86. The molecule has 0 saturated heterocycles. The molecule has 1 aromatic rings. The Bertz CT molecular complexity index is 294. The van der Waals surface area contributed by atoms with E-state index in [1.165, 1.54) is 24.0 Å². The fourth-order valence-electron chi connectivity index (χ4n) is 1.90. The minimum atomic E-state index is 0.736. The molecule has 2 heteroatoms. The second kappa shape index (κ2) is 4.99. The molecule has 0 amide bonds. The van der Waals surface area contributed by atoms with Crippen molar-refractivity contribution in [3.63, 3.8) is 0 Å². The van der Waals surface area contributed by atoms with Gasteiger partial charge in [-0.15, -0.1) is 0 Å². The van der Waals surface area contributed by atoms with Crippen molar-refractivity contribution in [1.29, 1.82) is 0 Å². The van der Waals surface area contributed by atoms with E-state index in [4.69, 9.17) is 5.73 Å². The molecular formula is C12H20N2. The van der Waals surface area contributed by atoms with Gasteiger partial charge < -0.3 is 5.73 Å². The topological polar surface area (TPSA) is 38.9 Å². The Kier molecular flexibility index (Phi) is 3.93. The first-order valence-corrected chi connectivity index (χ1v) is 5.49. The molecule has 2 rings (SSSR count). The number of nitrogen functional groups attached to an aromatic ring is 1. The number of hydrogen-bond donors (Lipinski definition) is 1. The van der Waals surface area contributed by atoms with E-state index in [-0.39, 0.29) is 0 Å². The van der Waals surface area contributed by atoms with Gasteiger partial charge in [-0.3, -0.25) is 0 Å². The van der Waals surface area contributed by atoms with Crippen LogP contribution in [0.1, 0.15) is 38.3 Å². The van der Waals surface area contributed by atoms with Crippen molar-refractivity contribution < 1.29 is 0 Å². The van der Waals surface area contributed by atoms with E-state index in [0.717, 1.165) is 18.2 Å². The molecular weight excluding hydrogens is 172 g/mol. The highest BCUT2D eigenvalue weighted by molar-refractivity contribution is 5.45. The highest BCUT2D eigenvalue weighted by Crippen LogP contribution is 2.27. The molecule has 2 nitrogen and oxygen atoms in total. The van der Waals surface area contributed by atoms with E-state index in [0.29, 0.717) is 0 Å². The normalized spacial score (nSPS) is 19.2. The van der Waals surface area contributed by atoms with Crippen molar-refractivity contribution in [2.45, 2.75) is 40.0 Å². The fraction of sp³-hybridized carbons (Fsp3) is 0.583. The third kappa shape index (κ3) is 2.25. The van der Waals surface area contributed by atoms with Crippen LogP contribution in [0.25, 0.3) is 0 Å². The first kappa shape index (κ1) is 11.0. The maximum atomic E-state index is 5.78. The van der Waals surface area contributed by atoms with Gasteiger partial charge in [0.15, 0.2) is 0 Å². The first-order valence-electron chi connectivity index (χ1n) is 5.49. The molecule has 2 N–H and O–H groups in total.